The summed E-state index contributed by atoms with van der Waals surface area (Å²) in [5, 5.41) is 11.9. The number of nitriles is 1. The molecule has 4 saturated carbocycles. The molecule has 0 aromatic heterocycles. The molecule has 4 aliphatic carbocycles. The Hall–Kier alpha value is -2.02. The number of benzene rings is 1. The van der Waals surface area contributed by atoms with Crippen LogP contribution in [0.25, 0.3) is 0 Å². The van der Waals surface area contributed by atoms with E-state index in [1.165, 1.54) is 38.5 Å². The quantitative estimate of drug-likeness (QED) is 0.904. The fourth-order valence-electron chi connectivity index (χ4n) is 5.62. The van der Waals surface area contributed by atoms with Crippen molar-refractivity contribution >= 4 is 5.91 Å². The SMILES string of the molecule is N#Cc1ccc(OCC(=O)NCC23CC4CC(CC(C4)C2)C3)cc1. The van der Waals surface area contributed by atoms with Crippen LogP contribution in [0.4, 0.5) is 0 Å². The largest absolute Gasteiger partial charge is 0.484 e. The summed E-state index contributed by atoms with van der Waals surface area (Å²) in [7, 11) is 0. The van der Waals surface area contributed by atoms with E-state index in [0.29, 0.717) is 16.7 Å². The molecular formula is C20H24N2O2. The third-order valence-corrected chi connectivity index (χ3v) is 6.18. The Morgan fingerprint density at radius 2 is 1.71 bits per heavy atom. The first-order valence-corrected chi connectivity index (χ1v) is 9.04. The van der Waals surface area contributed by atoms with Crippen molar-refractivity contribution in [1.82, 2.24) is 5.32 Å². The van der Waals surface area contributed by atoms with Crippen molar-refractivity contribution in [2.45, 2.75) is 38.5 Å². The Morgan fingerprint density at radius 3 is 2.25 bits per heavy atom. The van der Waals surface area contributed by atoms with Gasteiger partial charge in [-0.15, -0.1) is 0 Å². The Bertz CT molecular complexity index is 624. The molecule has 0 unspecified atom stereocenters. The van der Waals surface area contributed by atoms with Gasteiger partial charge in [-0.1, -0.05) is 0 Å². The van der Waals surface area contributed by atoms with Crippen LogP contribution < -0.4 is 10.1 Å². The number of hydrogen-bond acceptors (Lipinski definition) is 3. The second kappa shape index (κ2) is 6.12. The second-order valence-corrected chi connectivity index (χ2v) is 8.12. The summed E-state index contributed by atoms with van der Waals surface area (Å²) in [5.74, 6) is 3.29. The first kappa shape index (κ1) is 15.5. The van der Waals surface area contributed by atoms with Gasteiger partial charge in [-0.05, 0) is 86.0 Å². The molecule has 4 heteroatoms. The van der Waals surface area contributed by atoms with Gasteiger partial charge in [-0.3, -0.25) is 4.79 Å². The van der Waals surface area contributed by atoms with E-state index in [-0.39, 0.29) is 12.5 Å². The number of carbonyl (C=O) groups excluding carboxylic acids is 1. The van der Waals surface area contributed by atoms with Gasteiger partial charge in [0.1, 0.15) is 5.75 Å². The highest BCUT2D eigenvalue weighted by Crippen LogP contribution is 2.59. The predicted octanol–water partition coefficient (Wildman–Crippen LogP) is 3.27. The van der Waals surface area contributed by atoms with Crippen molar-refractivity contribution in [1.29, 1.82) is 5.26 Å². The molecule has 4 nitrogen and oxygen atoms in total. The van der Waals surface area contributed by atoms with Crippen LogP contribution in [-0.4, -0.2) is 19.1 Å². The third-order valence-electron chi connectivity index (χ3n) is 6.18. The summed E-state index contributed by atoms with van der Waals surface area (Å²) in [6.07, 6.45) is 8.18. The van der Waals surface area contributed by atoms with E-state index in [0.717, 1.165) is 24.3 Å². The number of ether oxygens (including phenoxy) is 1. The molecule has 0 saturated heterocycles. The molecule has 1 aromatic rings. The van der Waals surface area contributed by atoms with Crippen LogP contribution in [0.1, 0.15) is 44.1 Å². The lowest BCUT2D eigenvalue weighted by Gasteiger charge is -2.56. The van der Waals surface area contributed by atoms with Gasteiger partial charge in [0.25, 0.3) is 5.91 Å². The number of rotatable bonds is 5. The minimum absolute atomic E-state index is 0.0399. The molecular weight excluding hydrogens is 300 g/mol. The number of amides is 1. The van der Waals surface area contributed by atoms with Crippen molar-refractivity contribution in [2.75, 3.05) is 13.2 Å². The first-order valence-electron chi connectivity index (χ1n) is 9.04. The summed E-state index contributed by atoms with van der Waals surface area (Å²) >= 11 is 0. The molecule has 4 fully saturated rings. The van der Waals surface area contributed by atoms with Gasteiger partial charge >= 0.3 is 0 Å². The summed E-state index contributed by atoms with van der Waals surface area (Å²) in [6.45, 7) is 0.852. The monoisotopic (exact) mass is 324 g/mol. The average molecular weight is 324 g/mol. The minimum Gasteiger partial charge on any atom is -0.484 e. The molecule has 0 radical (unpaired) electrons. The van der Waals surface area contributed by atoms with Crippen LogP contribution in [-0.2, 0) is 4.79 Å². The van der Waals surface area contributed by atoms with Crippen LogP contribution in [0.5, 0.6) is 5.75 Å². The van der Waals surface area contributed by atoms with Crippen molar-refractivity contribution in [2.24, 2.45) is 23.2 Å². The molecule has 24 heavy (non-hydrogen) atoms. The fraction of sp³-hybridized carbons (Fsp3) is 0.600. The molecule has 0 atom stereocenters. The maximum absolute atomic E-state index is 12.1. The zero-order valence-corrected chi connectivity index (χ0v) is 14.0. The summed E-state index contributed by atoms with van der Waals surface area (Å²) < 4.78 is 5.52. The highest BCUT2D eigenvalue weighted by Gasteiger charge is 2.50. The number of hydrogen-bond donors (Lipinski definition) is 1. The van der Waals surface area contributed by atoms with E-state index >= 15 is 0 Å². The van der Waals surface area contributed by atoms with Gasteiger partial charge < -0.3 is 10.1 Å². The predicted molar refractivity (Wildman–Crippen MR) is 90.3 cm³/mol. The van der Waals surface area contributed by atoms with Gasteiger partial charge in [-0.25, -0.2) is 0 Å². The Kier molecular flexibility index (Phi) is 3.96. The van der Waals surface area contributed by atoms with Crippen LogP contribution >= 0.6 is 0 Å². The molecule has 4 bridgehead atoms. The van der Waals surface area contributed by atoms with Gasteiger partial charge in [0.2, 0.25) is 0 Å². The van der Waals surface area contributed by atoms with E-state index in [2.05, 4.69) is 11.4 Å². The molecule has 0 aliphatic heterocycles. The van der Waals surface area contributed by atoms with Gasteiger partial charge in [0, 0.05) is 6.54 Å². The number of nitrogens with zero attached hydrogens (tertiary/aromatic N) is 1. The van der Waals surface area contributed by atoms with Gasteiger partial charge in [0.15, 0.2) is 6.61 Å². The molecule has 0 spiro atoms. The van der Waals surface area contributed by atoms with Gasteiger partial charge in [0.05, 0.1) is 11.6 Å². The Balaban J connectivity index is 1.27. The Labute approximate surface area is 143 Å². The lowest BCUT2D eigenvalue weighted by Crippen LogP contribution is -2.51. The van der Waals surface area contributed by atoms with Crippen molar-refractivity contribution in [3.05, 3.63) is 29.8 Å². The normalized spacial score (nSPS) is 33.0. The standard InChI is InChI=1S/C20H24N2O2/c21-11-14-1-3-18(4-2-14)24-12-19(23)22-13-20-8-15-5-16(9-20)7-17(6-15)10-20/h1-4,15-17H,5-10,12-13H2,(H,22,23). The minimum atomic E-state index is -0.0462. The van der Waals surface area contributed by atoms with Crippen molar-refractivity contribution in [3.63, 3.8) is 0 Å². The third kappa shape index (κ3) is 3.13. The molecule has 0 heterocycles. The van der Waals surface area contributed by atoms with Crippen LogP contribution in [0.2, 0.25) is 0 Å². The smallest absolute Gasteiger partial charge is 0.257 e. The van der Waals surface area contributed by atoms with Crippen molar-refractivity contribution in [3.8, 4) is 11.8 Å². The van der Waals surface area contributed by atoms with Crippen LogP contribution in [0.3, 0.4) is 0 Å². The average Bonchev–Trinajstić information content (AvgIpc) is 2.57. The lowest BCUT2D eigenvalue weighted by molar-refractivity contribution is -0.125. The number of carbonyl (C=O) groups is 1. The fourth-order valence-corrected chi connectivity index (χ4v) is 5.62. The molecule has 1 N–H and O–H groups in total. The molecule has 1 amide bonds. The highest BCUT2D eigenvalue weighted by molar-refractivity contribution is 5.77. The maximum atomic E-state index is 12.1. The molecule has 1 aromatic carbocycles. The lowest BCUT2D eigenvalue weighted by atomic mass is 9.49. The number of nitrogens with one attached hydrogen (secondary N) is 1. The van der Waals surface area contributed by atoms with E-state index in [1.54, 1.807) is 24.3 Å². The molecule has 4 aliphatic rings. The molecule has 126 valence electrons. The van der Waals surface area contributed by atoms with E-state index in [9.17, 15) is 4.79 Å². The van der Waals surface area contributed by atoms with E-state index < -0.39 is 0 Å². The topological polar surface area (TPSA) is 62.1 Å². The van der Waals surface area contributed by atoms with Gasteiger partial charge in [-0.2, -0.15) is 5.26 Å². The highest BCUT2D eigenvalue weighted by atomic mass is 16.5. The maximum Gasteiger partial charge on any atom is 0.257 e. The summed E-state index contributed by atoms with van der Waals surface area (Å²) in [6, 6.07) is 8.92. The summed E-state index contributed by atoms with van der Waals surface area (Å²) in [4.78, 5) is 12.1. The Morgan fingerprint density at radius 1 is 1.12 bits per heavy atom. The van der Waals surface area contributed by atoms with Crippen molar-refractivity contribution < 1.29 is 9.53 Å². The second-order valence-electron chi connectivity index (χ2n) is 8.12. The van der Waals surface area contributed by atoms with Crippen LogP contribution in [0, 0.1) is 34.5 Å². The first-order chi connectivity index (χ1) is 11.6. The molecule has 5 rings (SSSR count). The zero-order chi connectivity index (χ0) is 16.6. The van der Waals surface area contributed by atoms with E-state index in [1.807, 2.05) is 0 Å². The van der Waals surface area contributed by atoms with Crippen LogP contribution in [0.15, 0.2) is 24.3 Å². The zero-order valence-electron chi connectivity index (χ0n) is 14.0. The van der Waals surface area contributed by atoms with E-state index in [4.69, 9.17) is 10.00 Å². The summed E-state index contributed by atoms with van der Waals surface area (Å²) in [5.41, 5.74) is 0.951.